The summed E-state index contributed by atoms with van der Waals surface area (Å²) in [7, 11) is 0. The van der Waals surface area contributed by atoms with Gasteiger partial charge in [-0.2, -0.15) is 0 Å². The maximum Gasteiger partial charge on any atom is 0.198 e. The van der Waals surface area contributed by atoms with Crippen molar-refractivity contribution in [3.63, 3.8) is 0 Å². The first kappa shape index (κ1) is 11.9. The molecule has 1 aromatic rings. The molecule has 0 bridgehead atoms. The fourth-order valence-electron chi connectivity index (χ4n) is 2.63. The Morgan fingerprint density at radius 2 is 1.74 bits per heavy atom. The molecule has 1 aliphatic carbocycles. The van der Waals surface area contributed by atoms with E-state index in [0.717, 1.165) is 25.1 Å². The molecular formula is C16H15NO2. The van der Waals surface area contributed by atoms with Gasteiger partial charge in [-0.15, -0.1) is 0 Å². The van der Waals surface area contributed by atoms with Crippen LogP contribution in [0.3, 0.4) is 0 Å². The maximum absolute atomic E-state index is 12.3. The number of allylic oxidation sites excluding steroid dienone is 2. The summed E-state index contributed by atoms with van der Waals surface area (Å²) in [5.41, 5.74) is 2.33. The van der Waals surface area contributed by atoms with Crippen LogP contribution in [-0.2, 0) is 0 Å². The van der Waals surface area contributed by atoms with Crippen LogP contribution in [0.15, 0.2) is 47.7 Å². The number of nitrogens with zero attached hydrogens (tertiary/aromatic N) is 1. The Balaban J connectivity index is 2.05. The van der Waals surface area contributed by atoms with Crippen molar-refractivity contribution in [1.29, 1.82) is 0 Å². The van der Waals surface area contributed by atoms with Crippen LogP contribution in [0.1, 0.15) is 34.1 Å². The highest BCUT2D eigenvalue weighted by Crippen LogP contribution is 2.30. The van der Waals surface area contributed by atoms with E-state index in [9.17, 15) is 9.59 Å². The van der Waals surface area contributed by atoms with Crippen molar-refractivity contribution in [2.45, 2.75) is 13.3 Å². The van der Waals surface area contributed by atoms with Crippen LogP contribution in [0.2, 0.25) is 0 Å². The Labute approximate surface area is 112 Å². The lowest BCUT2D eigenvalue weighted by atomic mass is 9.99. The first-order valence-corrected chi connectivity index (χ1v) is 6.56. The van der Waals surface area contributed by atoms with Crippen LogP contribution >= 0.6 is 0 Å². The van der Waals surface area contributed by atoms with Crippen molar-refractivity contribution in [3.8, 4) is 0 Å². The molecule has 0 spiro atoms. The Bertz CT molecular complexity index is 588. The quantitative estimate of drug-likeness (QED) is 0.570. The minimum Gasteiger partial charge on any atom is -0.377 e. The molecular weight excluding hydrogens is 238 g/mol. The molecule has 1 aromatic carbocycles. The molecule has 0 aromatic heterocycles. The van der Waals surface area contributed by atoms with Gasteiger partial charge in [-0.3, -0.25) is 9.59 Å². The average molecular weight is 253 g/mol. The molecule has 0 amide bonds. The lowest BCUT2D eigenvalue weighted by Gasteiger charge is -2.23. The van der Waals surface area contributed by atoms with Gasteiger partial charge in [-0.1, -0.05) is 24.3 Å². The van der Waals surface area contributed by atoms with E-state index in [-0.39, 0.29) is 11.6 Å². The summed E-state index contributed by atoms with van der Waals surface area (Å²) in [6.07, 6.45) is 4.63. The summed E-state index contributed by atoms with van der Waals surface area (Å²) in [6.45, 7) is 3.90. The molecule has 3 heteroatoms. The molecule has 3 rings (SSSR count). The Kier molecular flexibility index (Phi) is 2.82. The molecule has 0 unspecified atom stereocenters. The molecule has 0 saturated heterocycles. The minimum atomic E-state index is -0.120. The van der Waals surface area contributed by atoms with Gasteiger partial charge in [0.25, 0.3) is 0 Å². The second kappa shape index (κ2) is 4.50. The number of hydrogen-bond donors (Lipinski definition) is 0. The number of rotatable bonds is 1. The van der Waals surface area contributed by atoms with Crippen LogP contribution in [0.4, 0.5) is 0 Å². The summed E-state index contributed by atoms with van der Waals surface area (Å²) in [5, 5.41) is 0. The van der Waals surface area contributed by atoms with Crippen LogP contribution < -0.4 is 0 Å². The van der Waals surface area contributed by atoms with Gasteiger partial charge < -0.3 is 4.90 Å². The molecule has 0 N–H and O–H groups in total. The number of hydrogen-bond acceptors (Lipinski definition) is 3. The number of carbonyl (C=O) groups is 2. The lowest BCUT2D eigenvalue weighted by Crippen LogP contribution is -2.22. The van der Waals surface area contributed by atoms with E-state index in [2.05, 4.69) is 11.8 Å². The van der Waals surface area contributed by atoms with E-state index >= 15 is 0 Å². The topological polar surface area (TPSA) is 37.4 Å². The van der Waals surface area contributed by atoms with Crippen molar-refractivity contribution < 1.29 is 9.59 Å². The number of benzene rings is 1. The van der Waals surface area contributed by atoms with E-state index in [4.69, 9.17) is 0 Å². The van der Waals surface area contributed by atoms with E-state index in [0.29, 0.717) is 16.7 Å². The molecule has 1 heterocycles. The van der Waals surface area contributed by atoms with Crippen molar-refractivity contribution in [2.24, 2.45) is 0 Å². The van der Waals surface area contributed by atoms with Crippen molar-refractivity contribution >= 4 is 11.6 Å². The van der Waals surface area contributed by atoms with Gasteiger partial charge in [0.15, 0.2) is 11.6 Å². The second-order valence-corrected chi connectivity index (χ2v) is 4.80. The van der Waals surface area contributed by atoms with Gasteiger partial charge in [0, 0.05) is 24.2 Å². The third kappa shape index (κ3) is 1.82. The Hall–Kier alpha value is -2.16. The molecule has 0 fully saturated rings. The molecule has 3 nitrogen and oxygen atoms in total. The summed E-state index contributed by atoms with van der Waals surface area (Å²) in [6, 6.07) is 7.06. The predicted molar refractivity (Wildman–Crippen MR) is 73.1 cm³/mol. The molecule has 19 heavy (non-hydrogen) atoms. The largest absolute Gasteiger partial charge is 0.377 e. The molecule has 0 saturated carbocycles. The number of Topliss-reactive ketones (excluding diaryl/α,β-unsaturated/α-hetero) is 2. The standard InChI is InChI=1S/C16H15NO2/c1-2-17-9-7-11(8-10-17)14-15(18)12-5-3-4-6-13(12)16(14)19/h3-7,9H,2,8,10H2,1H3. The monoisotopic (exact) mass is 253 g/mol. The van der Waals surface area contributed by atoms with Crippen LogP contribution in [-0.4, -0.2) is 29.6 Å². The number of fused-ring (bicyclic) bond motifs is 1. The number of ketones is 2. The highest BCUT2D eigenvalue weighted by Gasteiger charge is 2.34. The molecule has 0 atom stereocenters. The van der Waals surface area contributed by atoms with Gasteiger partial charge >= 0.3 is 0 Å². The summed E-state index contributed by atoms with van der Waals surface area (Å²) in [4.78, 5) is 26.8. The van der Waals surface area contributed by atoms with E-state index in [1.165, 1.54) is 0 Å². The normalized spacial score (nSPS) is 18.3. The second-order valence-electron chi connectivity index (χ2n) is 4.80. The van der Waals surface area contributed by atoms with Crippen molar-refractivity contribution in [3.05, 3.63) is 58.8 Å². The highest BCUT2D eigenvalue weighted by molar-refractivity contribution is 6.40. The van der Waals surface area contributed by atoms with Crippen LogP contribution in [0.5, 0.6) is 0 Å². The maximum atomic E-state index is 12.3. The zero-order chi connectivity index (χ0) is 13.4. The fraction of sp³-hybridized carbons (Fsp3) is 0.250. The van der Waals surface area contributed by atoms with Crippen molar-refractivity contribution in [1.82, 2.24) is 4.90 Å². The Morgan fingerprint density at radius 1 is 1.11 bits per heavy atom. The van der Waals surface area contributed by atoms with Crippen LogP contribution in [0.25, 0.3) is 0 Å². The lowest BCUT2D eigenvalue weighted by molar-refractivity contribution is 0.0987. The first-order chi connectivity index (χ1) is 9.22. The summed E-state index contributed by atoms with van der Waals surface area (Å²) >= 11 is 0. The zero-order valence-corrected chi connectivity index (χ0v) is 10.8. The third-order valence-electron chi connectivity index (χ3n) is 3.75. The Morgan fingerprint density at radius 3 is 2.21 bits per heavy atom. The van der Waals surface area contributed by atoms with E-state index in [1.54, 1.807) is 24.3 Å². The fourth-order valence-corrected chi connectivity index (χ4v) is 2.63. The predicted octanol–water partition coefficient (Wildman–Crippen LogP) is 2.60. The highest BCUT2D eigenvalue weighted by atomic mass is 16.2. The zero-order valence-electron chi connectivity index (χ0n) is 10.8. The van der Waals surface area contributed by atoms with Crippen LogP contribution in [0, 0.1) is 0 Å². The van der Waals surface area contributed by atoms with Gasteiger partial charge in [-0.25, -0.2) is 0 Å². The average Bonchev–Trinajstić information content (AvgIpc) is 2.72. The SMILES string of the molecule is CCN1C=CC(=C2C(=O)c3ccccc3C2=O)CC1. The van der Waals surface area contributed by atoms with Gasteiger partial charge in [0.2, 0.25) is 0 Å². The molecule has 0 radical (unpaired) electrons. The summed E-state index contributed by atoms with van der Waals surface area (Å²) in [5.74, 6) is -0.240. The third-order valence-corrected chi connectivity index (χ3v) is 3.75. The molecule has 2 aliphatic rings. The minimum absolute atomic E-state index is 0.120. The molecule has 1 aliphatic heterocycles. The summed E-state index contributed by atoms with van der Waals surface area (Å²) < 4.78 is 0. The smallest absolute Gasteiger partial charge is 0.198 e. The first-order valence-electron chi connectivity index (χ1n) is 6.56. The van der Waals surface area contributed by atoms with Gasteiger partial charge in [-0.05, 0) is 31.2 Å². The van der Waals surface area contributed by atoms with Gasteiger partial charge in [0.05, 0.1) is 5.57 Å². The molecule has 96 valence electrons. The van der Waals surface area contributed by atoms with Gasteiger partial charge in [0.1, 0.15) is 0 Å². The van der Waals surface area contributed by atoms with Crippen molar-refractivity contribution in [2.75, 3.05) is 13.1 Å². The van der Waals surface area contributed by atoms with E-state index < -0.39 is 0 Å². The number of carbonyl (C=O) groups excluding carboxylic acids is 2. The van der Waals surface area contributed by atoms with E-state index in [1.807, 2.05) is 12.3 Å².